The molecule has 3 rings (SSSR count). The van der Waals surface area contributed by atoms with Crippen molar-refractivity contribution in [3.63, 3.8) is 0 Å². The Morgan fingerprint density at radius 2 is 1.71 bits per heavy atom. The predicted molar refractivity (Wildman–Crippen MR) is 117 cm³/mol. The molecule has 0 aromatic heterocycles. The summed E-state index contributed by atoms with van der Waals surface area (Å²) in [6.07, 6.45) is 7.99. The fourth-order valence-corrected chi connectivity index (χ4v) is 5.75. The third kappa shape index (κ3) is 3.46. The van der Waals surface area contributed by atoms with Gasteiger partial charge in [0, 0.05) is 11.3 Å². The Bertz CT molecular complexity index is 946. The van der Waals surface area contributed by atoms with Crippen LogP contribution in [0.3, 0.4) is 0 Å². The topological polar surface area (TPSA) is 78.9 Å². The van der Waals surface area contributed by atoms with Crippen LogP contribution in [0.4, 0.5) is 0 Å². The summed E-state index contributed by atoms with van der Waals surface area (Å²) >= 11 is 0. The Balaban J connectivity index is 2.34. The Hall–Kier alpha value is -2.63. The summed E-state index contributed by atoms with van der Waals surface area (Å²) in [7, 11) is 4.05. The van der Waals surface area contributed by atoms with E-state index in [1.807, 2.05) is 19.9 Å². The molecule has 1 unspecified atom stereocenters. The first-order valence-electron chi connectivity index (χ1n) is 10.8. The number of hydrogen-bond acceptors (Lipinski definition) is 6. The van der Waals surface area contributed by atoms with Crippen molar-refractivity contribution >= 4 is 24.0 Å². The lowest BCUT2D eigenvalue weighted by Crippen LogP contribution is -2.51. The van der Waals surface area contributed by atoms with Crippen LogP contribution in [0.5, 0.6) is 0 Å². The van der Waals surface area contributed by atoms with Crippen LogP contribution < -0.4 is 0 Å². The second-order valence-corrected chi connectivity index (χ2v) is 8.99. The molecule has 1 saturated carbocycles. The van der Waals surface area contributed by atoms with Crippen LogP contribution in [-0.2, 0) is 30.8 Å². The minimum atomic E-state index is -0.659. The molecule has 2 aliphatic carbocycles. The van der Waals surface area contributed by atoms with Crippen molar-refractivity contribution in [1.29, 1.82) is 0 Å². The van der Waals surface area contributed by atoms with E-state index in [-0.39, 0.29) is 28.4 Å². The monoisotopic (exact) mass is 428 g/mol. The molecule has 1 aromatic carbocycles. The molecule has 3 atom stereocenters. The van der Waals surface area contributed by atoms with Gasteiger partial charge in [-0.1, -0.05) is 38.8 Å². The molecule has 6 heteroatoms. The quantitative estimate of drug-likeness (QED) is 0.508. The number of hydrogen-bond donors (Lipinski definition) is 0. The molecule has 0 bridgehead atoms. The predicted octanol–water partition coefficient (Wildman–Crippen LogP) is 4.48. The van der Waals surface area contributed by atoms with Gasteiger partial charge in [-0.15, -0.1) is 0 Å². The molecule has 0 aliphatic heterocycles. The first-order valence-corrected chi connectivity index (χ1v) is 10.8. The third-order valence-electron chi connectivity index (χ3n) is 7.26. The molecule has 0 saturated heterocycles. The van der Waals surface area contributed by atoms with Crippen LogP contribution in [0.25, 0.3) is 6.08 Å². The minimum absolute atomic E-state index is 0.0855. The van der Waals surface area contributed by atoms with E-state index in [4.69, 9.17) is 14.2 Å². The molecule has 168 valence electrons. The molecule has 0 N–H and O–H groups in total. The fourth-order valence-electron chi connectivity index (χ4n) is 5.75. The van der Waals surface area contributed by atoms with Crippen molar-refractivity contribution in [3.05, 3.63) is 40.0 Å². The minimum Gasteiger partial charge on any atom is -0.469 e. The highest BCUT2D eigenvalue weighted by Crippen LogP contribution is 2.57. The molecule has 1 aromatic rings. The Labute approximate surface area is 183 Å². The zero-order chi connectivity index (χ0) is 23.0. The average molecular weight is 429 g/mol. The lowest BCUT2D eigenvalue weighted by Gasteiger charge is -2.52. The largest absolute Gasteiger partial charge is 0.469 e. The van der Waals surface area contributed by atoms with Crippen LogP contribution in [-0.4, -0.2) is 39.2 Å². The number of ether oxygens (including phenoxy) is 3. The maximum absolute atomic E-state index is 12.8. The fraction of sp³-hybridized carbons (Fsp3) is 0.560. The number of allylic oxidation sites excluding steroid dienone is 1. The molecule has 0 spiro atoms. The van der Waals surface area contributed by atoms with Crippen molar-refractivity contribution in [2.45, 2.75) is 58.3 Å². The molecule has 0 heterocycles. The molecule has 0 radical (unpaired) electrons. The summed E-state index contributed by atoms with van der Waals surface area (Å²) in [5.74, 6) is -1.42. The van der Waals surface area contributed by atoms with Gasteiger partial charge < -0.3 is 14.2 Å². The highest BCUT2D eigenvalue weighted by Gasteiger charge is 2.55. The number of esters is 3. The summed E-state index contributed by atoms with van der Waals surface area (Å²) in [6, 6.07) is 1.78. The maximum Gasteiger partial charge on any atom is 0.339 e. The second kappa shape index (κ2) is 8.48. The van der Waals surface area contributed by atoms with Crippen molar-refractivity contribution < 1.29 is 28.6 Å². The van der Waals surface area contributed by atoms with Gasteiger partial charge in [-0.2, -0.15) is 0 Å². The van der Waals surface area contributed by atoms with Gasteiger partial charge in [-0.3, -0.25) is 4.79 Å². The van der Waals surface area contributed by atoms with Crippen LogP contribution in [0.1, 0.15) is 83.9 Å². The number of methoxy groups -OCH3 is 3. The van der Waals surface area contributed by atoms with E-state index in [1.54, 1.807) is 6.07 Å². The van der Waals surface area contributed by atoms with E-state index in [1.165, 1.54) is 21.3 Å². The van der Waals surface area contributed by atoms with E-state index in [0.29, 0.717) is 6.42 Å². The van der Waals surface area contributed by atoms with E-state index in [2.05, 4.69) is 13.0 Å². The number of carbonyl (C=O) groups is 3. The van der Waals surface area contributed by atoms with Gasteiger partial charge in [0.1, 0.15) is 0 Å². The smallest absolute Gasteiger partial charge is 0.339 e. The van der Waals surface area contributed by atoms with Gasteiger partial charge in [0.05, 0.1) is 37.9 Å². The molecule has 31 heavy (non-hydrogen) atoms. The third-order valence-corrected chi connectivity index (χ3v) is 7.26. The molecule has 1 fully saturated rings. The Morgan fingerprint density at radius 1 is 1.03 bits per heavy atom. The van der Waals surface area contributed by atoms with Crippen molar-refractivity contribution in [1.82, 2.24) is 0 Å². The van der Waals surface area contributed by atoms with Gasteiger partial charge in [-0.05, 0) is 48.9 Å². The summed E-state index contributed by atoms with van der Waals surface area (Å²) in [5.41, 5.74) is 2.17. The Kier molecular flexibility index (Phi) is 6.30. The zero-order valence-corrected chi connectivity index (χ0v) is 19.3. The number of rotatable bonds is 5. The van der Waals surface area contributed by atoms with Crippen LogP contribution in [0.15, 0.2) is 12.1 Å². The van der Waals surface area contributed by atoms with Crippen molar-refractivity contribution in [2.24, 2.45) is 11.3 Å². The highest BCUT2D eigenvalue weighted by atomic mass is 16.5. The van der Waals surface area contributed by atoms with Crippen molar-refractivity contribution in [2.75, 3.05) is 21.3 Å². The first-order chi connectivity index (χ1) is 14.7. The lowest BCUT2D eigenvalue weighted by atomic mass is 9.51. The Morgan fingerprint density at radius 3 is 2.29 bits per heavy atom. The van der Waals surface area contributed by atoms with E-state index >= 15 is 0 Å². The SMILES string of the molecule is CCCc1c2c(cc(C(=O)OC)c1C(=O)OC)[C@@]1(C)CCC[C@](C)(C(=O)OC)C1C=C2. The average Bonchev–Trinajstić information content (AvgIpc) is 2.77. The highest BCUT2D eigenvalue weighted by molar-refractivity contribution is 6.05. The van der Waals surface area contributed by atoms with Gasteiger partial charge in [0.15, 0.2) is 0 Å². The first kappa shape index (κ1) is 23.0. The number of fused-ring (bicyclic) bond motifs is 3. The zero-order valence-electron chi connectivity index (χ0n) is 19.3. The molecule has 6 nitrogen and oxygen atoms in total. The molecule has 0 amide bonds. The number of carbonyl (C=O) groups excluding carboxylic acids is 3. The summed E-state index contributed by atoms with van der Waals surface area (Å²) in [5, 5.41) is 0. The summed E-state index contributed by atoms with van der Waals surface area (Å²) < 4.78 is 15.2. The van der Waals surface area contributed by atoms with E-state index in [9.17, 15) is 14.4 Å². The normalized spacial score (nSPS) is 26.5. The van der Waals surface area contributed by atoms with Gasteiger partial charge >= 0.3 is 17.9 Å². The summed E-state index contributed by atoms with van der Waals surface area (Å²) in [4.78, 5) is 38.2. The second-order valence-electron chi connectivity index (χ2n) is 8.99. The lowest BCUT2D eigenvalue weighted by molar-refractivity contribution is -0.158. The van der Waals surface area contributed by atoms with Gasteiger partial charge in [-0.25, -0.2) is 9.59 Å². The van der Waals surface area contributed by atoms with E-state index < -0.39 is 17.4 Å². The van der Waals surface area contributed by atoms with Gasteiger partial charge in [0.2, 0.25) is 0 Å². The van der Waals surface area contributed by atoms with Crippen molar-refractivity contribution in [3.8, 4) is 0 Å². The standard InChI is InChI=1S/C25H32O6/c1-7-9-16-15-10-11-19-24(2,12-8-13-25(19,3)23(28)31-6)18(15)14-17(21(26)29-4)20(16)22(27)30-5/h10-11,14,19H,7-9,12-13H2,1-6H3/t19?,24-,25+/m1/s1. The van der Waals surface area contributed by atoms with Crippen LogP contribution in [0, 0.1) is 11.3 Å². The van der Waals surface area contributed by atoms with Crippen LogP contribution >= 0.6 is 0 Å². The summed E-state index contributed by atoms with van der Waals surface area (Å²) in [6.45, 7) is 6.15. The molecular formula is C25H32O6. The van der Waals surface area contributed by atoms with E-state index in [0.717, 1.165) is 42.4 Å². The number of benzene rings is 1. The molecule has 2 aliphatic rings. The van der Waals surface area contributed by atoms with Crippen LogP contribution in [0.2, 0.25) is 0 Å². The molecular weight excluding hydrogens is 396 g/mol. The van der Waals surface area contributed by atoms with Gasteiger partial charge in [0.25, 0.3) is 0 Å². The maximum atomic E-state index is 12.8.